The van der Waals surface area contributed by atoms with Gasteiger partial charge in [-0.2, -0.15) is 0 Å². The van der Waals surface area contributed by atoms with Crippen LogP contribution >= 0.6 is 11.3 Å². The first-order valence-corrected chi connectivity index (χ1v) is 7.72. The molecule has 0 radical (unpaired) electrons. The van der Waals surface area contributed by atoms with Crippen molar-refractivity contribution in [2.75, 3.05) is 5.32 Å². The zero-order valence-corrected chi connectivity index (χ0v) is 11.7. The number of aliphatic hydroxyl groups excluding tert-OH is 1. The first-order valence-electron chi connectivity index (χ1n) is 6.84. The summed E-state index contributed by atoms with van der Waals surface area (Å²) >= 11 is 1.66. The van der Waals surface area contributed by atoms with E-state index in [0.29, 0.717) is 6.04 Å². The van der Waals surface area contributed by atoms with Crippen LogP contribution in [0.1, 0.15) is 31.2 Å². The molecule has 2 heterocycles. The second-order valence-corrected chi connectivity index (χ2v) is 6.71. The second kappa shape index (κ2) is 3.90. The van der Waals surface area contributed by atoms with Gasteiger partial charge in [-0.25, -0.2) is 9.97 Å². The molecule has 0 saturated heterocycles. The summed E-state index contributed by atoms with van der Waals surface area (Å²) in [6.07, 6.45) is 5.87. The fourth-order valence-electron chi connectivity index (χ4n) is 3.53. The number of nitrogens with zero attached hydrogens (tertiary/aromatic N) is 2. The number of aromatic nitrogens is 2. The molecule has 2 aliphatic rings. The molecular formula is C14H17N3OS. The van der Waals surface area contributed by atoms with Crippen LogP contribution in [0.25, 0.3) is 10.2 Å². The van der Waals surface area contributed by atoms with Gasteiger partial charge in [0.2, 0.25) is 0 Å². The molecule has 2 aromatic heterocycles. The Labute approximate surface area is 115 Å². The number of anilines is 1. The summed E-state index contributed by atoms with van der Waals surface area (Å²) in [4.78, 5) is 9.77. The van der Waals surface area contributed by atoms with Crippen molar-refractivity contribution >= 4 is 27.4 Å². The summed E-state index contributed by atoms with van der Waals surface area (Å²) in [6, 6.07) is 0.369. The average Bonchev–Trinajstić information content (AvgIpc) is 2.69. The Morgan fingerprint density at radius 3 is 2.95 bits per heavy atom. The molecule has 2 unspecified atom stereocenters. The lowest BCUT2D eigenvalue weighted by atomic mass is 9.51. The molecule has 4 nitrogen and oxygen atoms in total. The van der Waals surface area contributed by atoms with Gasteiger partial charge in [-0.1, -0.05) is 6.42 Å². The molecular weight excluding hydrogens is 258 g/mol. The summed E-state index contributed by atoms with van der Waals surface area (Å²) < 4.78 is 0. The second-order valence-electron chi connectivity index (χ2n) is 5.86. The minimum Gasteiger partial charge on any atom is -0.392 e. The number of aryl methyl sites for hydroxylation is 1. The molecule has 2 atom stereocenters. The van der Waals surface area contributed by atoms with Gasteiger partial charge in [0.25, 0.3) is 0 Å². The molecule has 1 spiro atoms. The highest BCUT2D eigenvalue weighted by Crippen LogP contribution is 2.56. The lowest BCUT2D eigenvalue weighted by molar-refractivity contribution is -0.126. The Bertz CT molecular complexity index is 635. The highest BCUT2D eigenvalue weighted by atomic mass is 32.1. The number of thiophene rings is 1. The smallest absolute Gasteiger partial charge is 0.138 e. The van der Waals surface area contributed by atoms with Crippen molar-refractivity contribution in [3.63, 3.8) is 0 Å². The number of nitrogens with one attached hydrogen (secondary N) is 1. The first kappa shape index (κ1) is 11.6. The van der Waals surface area contributed by atoms with Gasteiger partial charge in [-0.05, 0) is 37.1 Å². The van der Waals surface area contributed by atoms with Crippen molar-refractivity contribution < 1.29 is 5.11 Å². The largest absolute Gasteiger partial charge is 0.392 e. The van der Waals surface area contributed by atoms with Gasteiger partial charge in [0.05, 0.1) is 11.5 Å². The van der Waals surface area contributed by atoms with Gasteiger partial charge in [-0.3, -0.25) is 0 Å². The monoisotopic (exact) mass is 275 g/mol. The van der Waals surface area contributed by atoms with Crippen LogP contribution in [0, 0.1) is 12.3 Å². The number of fused-ring (bicyclic) bond motifs is 1. The molecule has 0 aliphatic heterocycles. The molecule has 100 valence electrons. The van der Waals surface area contributed by atoms with Crippen LogP contribution in [0.5, 0.6) is 0 Å². The molecule has 2 aromatic rings. The van der Waals surface area contributed by atoms with E-state index in [9.17, 15) is 5.11 Å². The van der Waals surface area contributed by atoms with Crippen LogP contribution in [0.15, 0.2) is 11.7 Å². The Kier molecular flexibility index (Phi) is 2.38. The summed E-state index contributed by atoms with van der Waals surface area (Å²) in [5.41, 5.74) is 1.35. The Morgan fingerprint density at radius 1 is 1.42 bits per heavy atom. The van der Waals surface area contributed by atoms with E-state index in [4.69, 9.17) is 0 Å². The van der Waals surface area contributed by atoms with Gasteiger partial charge in [0.1, 0.15) is 17.0 Å². The van der Waals surface area contributed by atoms with Crippen LogP contribution in [-0.4, -0.2) is 27.2 Å². The number of aliphatic hydroxyl groups is 1. The molecule has 19 heavy (non-hydrogen) atoms. The van der Waals surface area contributed by atoms with Crippen molar-refractivity contribution in [1.29, 1.82) is 0 Å². The van der Waals surface area contributed by atoms with Crippen LogP contribution in [-0.2, 0) is 0 Å². The standard InChI is InChI=1S/C14H17N3OS/c1-8-6-19-13-11(8)12(15-7-16-13)17-9-5-10(18)14(9)3-2-4-14/h6-7,9-10,18H,2-5H2,1H3,(H,15,16,17). The summed E-state index contributed by atoms with van der Waals surface area (Å²) in [6.45, 7) is 2.10. The van der Waals surface area contributed by atoms with Gasteiger partial charge in [0, 0.05) is 11.5 Å². The van der Waals surface area contributed by atoms with Gasteiger partial charge in [-0.15, -0.1) is 11.3 Å². The molecule has 2 fully saturated rings. The summed E-state index contributed by atoms with van der Waals surface area (Å²) in [5.74, 6) is 0.937. The highest BCUT2D eigenvalue weighted by Gasteiger charge is 2.57. The van der Waals surface area contributed by atoms with Crippen molar-refractivity contribution in [1.82, 2.24) is 9.97 Å². The predicted molar refractivity (Wildman–Crippen MR) is 76.5 cm³/mol. The third-order valence-corrected chi connectivity index (χ3v) is 5.97. The minimum atomic E-state index is -0.125. The Balaban J connectivity index is 1.67. The fraction of sp³-hybridized carbons (Fsp3) is 0.571. The quantitative estimate of drug-likeness (QED) is 0.884. The third kappa shape index (κ3) is 1.48. The van der Waals surface area contributed by atoms with E-state index >= 15 is 0 Å². The molecule has 2 N–H and O–H groups in total. The molecule has 2 saturated carbocycles. The minimum absolute atomic E-state index is 0.125. The molecule has 4 rings (SSSR count). The summed E-state index contributed by atoms with van der Waals surface area (Å²) in [7, 11) is 0. The predicted octanol–water partition coefficient (Wildman–Crippen LogP) is 2.72. The van der Waals surface area contributed by atoms with Crippen LogP contribution in [0.3, 0.4) is 0 Å². The fourth-order valence-corrected chi connectivity index (χ4v) is 4.42. The number of hydrogen-bond donors (Lipinski definition) is 2. The Hall–Kier alpha value is -1.20. The van der Waals surface area contributed by atoms with Crippen LogP contribution in [0.4, 0.5) is 5.82 Å². The van der Waals surface area contributed by atoms with Gasteiger partial charge >= 0.3 is 0 Å². The van der Waals surface area contributed by atoms with E-state index in [0.717, 1.165) is 35.3 Å². The molecule has 0 bridgehead atoms. The molecule has 0 amide bonds. The lowest BCUT2D eigenvalue weighted by Crippen LogP contribution is -2.63. The number of hydrogen-bond acceptors (Lipinski definition) is 5. The third-order valence-electron chi connectivity index (χ3n) is 4.97. The normalized spacial score (nSPS) is 28.1. The Morgan fingerprint density at radius 2 is 2.26 bits per heavy atom. The topological polar surface area (TPSA) is 58.0 Å². The van der Waals surface area contributed by atoms with E-state index in [2.05, 4.69) is 27.6 Å². The van der Waals surface area contributed by atoms with Crippen molar-refractivity contribution in [2.45, 2.75) is 44.8 Å². The van der Waals surface area contributed by atoms with Gasteiger partial charge < -0.3 is 10.4 Å². The zero-order valence-electron chi connectivity index (χ0n) is 10.9. The summed E-state index contributed by atoms with van der Waals surface area (Å²) in [5, 5.41) is 16.9. The van der Waals surface area contributed by atoms with Crippen molar-refractivity contribution in [3.8, 4) is 0 Å². The SMILES string of the molecule is Cc1csc2ncnc(NC3CC(O)C34CCC4)c12. The van der Waals surface area contributed by atoms with Crippen molar-refractivity contribution in [3.05, 3.63) is 17.3 Å². The molecule has 2 aliphatic carbocycles. The molecule has 5 heteroatoms. The lowest BCUT2D eigenvalue weighted by Gasteiger charge is -2.59. The van der Waals surface area contributed by atoms with Gasteiger partial charge in [0.15, 0.2) is 0 Å². The molecule has 0 aromatic carbocycles. The maximum Gasteiger partial charge on any atom is 0.138 e. The number of rotatable bonds is 2. The first-order chi connectivity index (χ1) is 9.21. The van der Waals surface area contributed by atoms with E-state index < -0.39 is 0 Å². The average molecular weight is 275 g/mol. The van der Waals surface area contributed by atoms with Crippen LogP contribution < -0.4 is 5.32 Å². The maximum absolute atomic E-state index is 10.0. The van der Waals surface area contributed by atoms with Crippen molar-refractivity contribution in [2.24, 2.45) is 5.41 Å². The van der Waals surface area contributed by atoms with Crippen LogP contribution in [0.2, 0.25) is 0 Å². The maximum atomic E-state index is 10.0. The van der Waals surface area contributed by atoms with E-state index in [1.807, 2.05) is 0 Å². The van der Waals surface area contributed by atoms with E-state index in [1.165, 1.54) is 12.0 Å². The van der Waals surface area contributed by atoms with E-state index in [1.54, 1.807) is 17.7 Å². The van der Waals surface area contributed by atoms with E-state index in [-0.39, 0.29) is 11.5 Å². The zero-order chi connectivity index (χ0) is 13.0. The highest BCUT2D eigenvalue weighted by molar-refractivity contribution is 7.17.